The standard InChI is InChI=1S/C9H17N3O2/c1-9(2)4-6(9)5-11-8(13)3-7(10)12-14/h6,14H,3-5H2,1-2H3,(H2,10,12)(H,11,13). The van der Waals surface area contributed by atoms with E-state index in [1.807, 2.05) is 0 Å². The molecule has 1 atom stereocenters. The van der Waals surface area contributed by atoms with Gasteiger partial charge in [0, 0.05) is 6.54 Å². The number of oxime groups is 1. The molecule has 1 unspecified atom stereocenters. The number of nitrogens with one attached hydrogen (secondary N) is 1. The number of carbonyl (C=O) groups is 1. The first kappa shape index (κ1) is 10.8. The van der Waals surface area contributed by atoms with E-state index in [1.165, 1.54) is 0 Å². The molecule has 0 spiro atoms. The van der Waals surface area contributed by atoms with Gasteiger partial charge < -0.3 is 16.3 Å². The van der Waals surface area contributed by atoms with Crippen LogP contribution in [0.1, 0.15) is 26.7 Å². The Labute approximate surface area is 83.3 Å². The van der Waals surface area contributed by atoms with Gasteiger partial charge in [-0.05, 0) is 17.8 Å². The summed E-state index contributed by atoms with van der Waals surface area (Å²) in [5.74, 6) is 0.319. The third kappa shape index (κ3) is 2.90. The van der Waals surface area contributed by atoms with E-state index < -0.39 is 0 Å². The Bertz CT molecular complexity index is 261. The molecule has 0 aromatic heterocycles. The Kier molecular flexibility index (Phi) is 2.98. The monoisotopic (exact) mass is 199 g/mol. The first-order valence-electron chi connectivity index (χ1n) is 4.69. The van der Waals surface area contributed by atoms with Crippen LogP contribution in [-0.2, 0) is 4.79 Å². The second-order valence-electron chi connectivity index (χ2n) is 4.46. The third-order valence-corrected chi connectivity index (χ3v) is 2.73. The molecule has 1 rings (SSSR count). The number of rotatable bonds is 4. The summed E-state index contributed by atoms with van der Waals surface area (Å²) in [6.45, 7) is 5.03. The Morgan fingerprint density at radius 3 is 2.71 bits per heavy atom. The van der Waals surface area contributed by atoms with Gasteiger partial charge in [0.2, 0.25) is 5.91 Å². The van der Waals surface area contributed by atoms with E-state index in [2.05, 4.69) is 24.3 Å². The van der Waals surface area contributed by atoms with Crippen molar-refractivity contribution in [1.82, 2.24) is 5.32 Å². The number of hydrogen-bond donors (Lipinski definition) is 3. The summed E-state index contributed by atoms with van der Waals surface area (Å²) < 4.78 is 0. The van der Waals surface area contributed by atoms with E-state index in [9.17, 15) is 4.79 Å². The first-order chi connectivity index (χ1) is 6.45. The van der Waals surface area contributed by atoms with Crippen LogP contribution in [-0.4, -0.2) is 23.5 Å². The second kappa shape index (κ2) is 3.86. The van der Waals surface area contributed by atoms with E-state index in [1.54, 1.807) is 0 Å². The third-order valence-electron chi connectivity index (χ3n) is 2.73. The Balaban J connectivity index is 2.17. The van der Waals surface area contributed by atoms with Crippen molar-refractivity contribution >= 4 is 11.7 Å². The molecule has 14 heavy (non-hydrogen) atoms. The SMILES string of the molecule is CC1(C)CC1CNC(=O)CC(N)=NO. The normalized spacial score (nSPS) is 24.4. The van der Waals surface area contributed by atoms with Crippen LogP contribution in [0.3, 0.4) is 0 Å². The molecule has 1 saturated carbocycles. The molecule has 5 heteroatoms. The van der Waals surface area contributed by atoms with Crippen LogP contribution in [0.4, 0.5) is 0 Å². The van der Waals surface area contributed by atoms with Crippen molar-refractivity contribution in [3.05, 3.63) is 0 Å². The summed E-state index contributed by atoms with van der Waals surface area (Å²) in [7, 11) is 0. The number of nitrogens with two attached hydrogens (primary N) is 1. The maximum Gasteiger partial charge on any atom is 0.227 e. The van der Waals surface area contributed by atoms with Gasteiger partial charge in [-0.3, -0.25) is 4.79 Å². The van der Waals surface area contributed by atoms with Crippen LogP contribution in [0.2, 0.25) is 0 Å². The minimum atomic E-state index is -0.192. The van der Waals surface area contributed by atoms with E-state index in [4.69, 9.17) is 10.9 Å². The Morgan fingerprint density at radius 2 is 2.29 bits per heavy atom. The number of amides is 1. The van der Waals surface area contributed by atoms with Crippen molar-refractivity contribution in [1.29, 1.82) is 0 Å². The lowest BCUT2D eigenvalue weighted by atomic mass is 10.1. The van der Waals surface area contributed by atoms with Crippen molar-refractivity contribution < 1.29 is 10.0 Å². The highest BCUT2D eigenvalue weighted by Gasteiger charge is 2.45. The molecule has 5 nitrogen and oxygen atoms in total. The lowest BCUT2D eigenvalue weighted by Crippen LogP contribution is -2.30. The predicted octanol–water partition coefficient (Wildman–Crippen LogP) is 0.285. The van der Waals surface area contributed by atoms with Crippen LogP contribution < -0.4 is 11.1 Å². The molecule has 0 bridgehead atoms. The number of hydrogen-bond acceptors (Lipinski definition) is 3. The Hall–Kier alpha value is -1.26. The number of amidine groups is 1. The van der Waals surface area contributed by atoms with Crippen LogP contribution in [0.5, 0.6) is 0 Å². The Morgan fingerprint density at radius 1 is 1.71 bits per heavy atom. The molecule has 1 fully saturated rings. The van der Waals surface area contributed by atoms with Gasteiger partial charge in [0.05, 0.1) is 6.42 Å². The van der Waals surface area contributed by atoms with Crippen molar-refractivity contribution in [3.63, 3.8) is 0 Å². The topological polar surface area (TPSA) is 87.7 Å². The van der Waals surface area contributed by atoms with Gasteiger partial charge in [0.15, 0.2) is 0 Å². The zero-order chi connectivity index (χ0) is 10.8. The summed E-state index contributed by atoms with van der Waals surface area (Å²) in [6.07, 6.45) is 1.11. The zero-order valence-corrected chi connectivity index (χ0v) is 8.58. The molecular formula is C9H17N3O2. The fourth-order valence-corrected chi connectivity index (χ4v) is 1.42. The van der Waals surface area contributed by atoms with Gasteiger partial charge in [-0.25, -0.2) is 0 Å². The van der Waals surface area contributed by atoms with Gasteiger partial charge in [-0.15, -0.1) is 0 Å². The molecule has 0 aromatic rings. The molecule has 1 aliphatic rings. The van der Waals surface area contributed by atoms with Crippen molar-refractivity contribution in [2.75, 3.05) is 6.54 Å². The maximum atomic E-state index is 11.2. The first-order valence-corrected chi connectivity index (χ1v) is 4.69. The molecule has 80 valence electrons. The average molecular weight is 199 g/mol. The van der Waals surface area contributed by atoms with Crippen LogP contribution in [0.25, 0.3) is 0 Å². The minimum Gasteiger partial charge on any atom is -0.409 e. The van der Waals surface area contributed by atoms with Gasteiger partial charge in [-0.1, -0.05) is 19.0 Å². The van der Waals surface area contributed by atoms with Crippen LogP contribution in [0, 0.1) is 11.3 Å². The van der Waals surface area contributed by atoms with E-state index in [-0.39, 0.29) is 18.2 Å². The summed E-state index contributed by atoms with van der Waals surface area (Å²) in [6, 6.07) is 0. The molecule has 0 saturated heterocycles. The van der Waals surface area contributed by atoms with E-state index in [0.29, 0.717) is 17.9 Å². The number of carbonyl (C=O) groups excluding carboxylic acids is 1. The predicted molar refractivity (Wildman–Crippen MR) is 52.9 cm³/mol. The molecule has 0 aromatic carbocycles. The van der Waals surface area contributed by atoms with Crippen molar-refractivity contribution in [3.8, 4) is 0 Å². The molecule has 4 N–H and O–H groups in total. The highest BCUT2D eigenvalue weighted by atomic mass is 16.4. The molecular weight excluding hydrogens is 182 g/mol. The quantitative estimate of drug-likeness (QED) is 0.263. The summed E-state index contributed by atoms with van der Waals surface area (Å²) in [5.41, 5.74) is 5.55. The lowest BCUT2D eigenvalue weighted by molar-refractivity contribution is -0.120. The minimum absolute atomic E-state index is 0.0380. The second-order valence-corrected chi connectivity index (χ2v) is 4.46. The van der Waals surface area contributed by atoms with Crippen LogP contribution in [0.15, 0.2) is 5.16 Å². The van der Waals surface area contributed by atoms with Gasteiger partial charge in [0.25, 0.3) is 0 Å². The molecule has 0 heterocycles. The lowest BCUT2D eigenvalue weighted by Gasteiger charge is -2.05. The molecule has 1 amide bonds. The fourth-order valence-electron chi connectivity index (χ4n) is 1.42. The van der Waals surface area contributed by atoms with Crippen LogP contribution >= 0.6 is 0 Å². The molecule has 0 radical (unpaired) electrons. The summed E-state index contributed by atoms with van der Waals surface area (Å²) >= 11 is 0. The molecule has 0 aliphatic heterocycles. The van der Waals surface area contributed by atoms with Crippen molar-refractivity contribution in [2.45, 2.75) is 26.7 Å². The zero-order valence-electron chi connectivity index (χ0n) is 8.58. The van der Waals surface area contributed by atoms with E-state index >= 15 is 0 Å². The molecule has 1 aliphatic carbocycles. The van der Waals surface area contributed by atoms with E-state index in [0.717, 1.165) is 6.42 Å². The number of nitrogens with zero attached hydrogens (tertiary/aromatic N) is 1. The van der Waals surface area contributed by atoms with Gasteiger partial charge >= 0.3 is 0 Å². The fraction of sp³-hybridized carbons (Fsp3) is 0.778. The largest absolute Gasteiger partial charge is 0.409 e. The summed E-state index contributed by atoms with van der Waals surface area (Å²) in [5, 5.41) is 13.7. The van der Waals surface area contributed by atoms with Gasteiger partial charge in [-0.2, -0.15) is 0 Å². The highest BCUT2D eigenvalue weighted by molar-refractivity contribution is 5.98. The highest BCUT2D eigenvalue weighted by Crippen LogP contribution is 2.50. The smallest absolute Gasteiger partial charge is 0.227 e. The van der Waals surface area contributed by atoms with Gasteiger partial charge in [0.1, 0.15) is 5.84 Å². The average Bonchev–Trinajstić information content (AvgIpc) is 2.70. The summed E-state index contributed by atoms with van der Waals surface area (Å²) in [4.78, 5) is 11.2. The van der Waals surface area contributed by atoms with Crippen molar-refractivity contribution in [2.24, 2.45) is 22.2 Å². The maximum absolute atomic E-state index is 11.2.